The lowest BCUT2D eigenvalue weighted by atomic mass is 10.00. The number of amides is 1. The SMILES string of the molecule is N#C[C@H]1CCNC(=O)C1. The van der Waals surface area contributed by atoms with Crippen LogP contribution in [0.3, 0.4) is 0 Å². The molecule has 0 spiro atoms. The summed E-state index contributed by atoms with van der Waals surface area (Å²) in [5.41, 5.74) is 0. The molecule has 48 valence electrons. The van der Waals surface area contributed by atoms with Crippen LogP contribution in [0.15, 0.2) is 0 Å². The molecule has 1 saturated heterocycles. The lowest BCUT2D eigenvalue weighted by Crippen LogP contribution is -2.32. The summed E-state index contributed by atoms with van der Waals surface area (Å²) in [6, 6.07) is 2.07. The molecular formula is C6H8N2O. The maximum absolute atomic E-state index is 10.6. The molecule has 1 atom stereocenters. The van der Waals surface area contributed by atoms with Gasteiger partial charge in [-0.25, -0.2) is 0 Å². The van der Waals surface area contributed by atoms with E-state index in [0.29, 0.717) is 13.0 Å². The summed E-state index contributed by atoms with van der Waals surface area (Å²) >= 11 is 0. The molecular weight excluding hydrogens is 116 g/mol. The van der Waals surface area contributed by atoms with Crippen LogP contribution in [0.1, 0.15) is 12.8 Å². The third-order valence-electron chi connectivity index (χ3n) is 1.43. The van der Waals surface area contributed by atoms with Gasteiger partial charge in [0.1, 0.15) is 0 Å². The number of nitrogens with zero attached hydrogens (tertiary/aromatic N) is 1. The largest absolute Gasteiger partial charge is 0.356 e. The van der Waals surface area contributed by atoms with Gasteiger partial charge in [0.15, 0.2) is 0 Å². The minimum atomic E-state index is -0.0428. The number of carbonyl (C=O) groups is 1. The Balaban J connectivity index is 2.43. The Morgan fingerprint density at radius 1 is 1.78 bits per heavy atom. The molecule has 0 bridgehead atoms. The Bertz CT molecular complexity index is 159. The Morgan fingerprint density at radius 2 is 2.56 bits per heavy atom. The van der Waals surface area contributed by atoms with Crippen molar-refractivity contribution in [3.63, 3.8) is 0 Å². The van der Waals surface area contributed by atoms with E-state index in [1.54, 1.807) is 0 Å². The maximum atomic E-state index is 10.6. The average molecular weight is 124 g/mol. The van der Waals surface area contributed by atoms with Gasteiger partial charge < -0.3 is 5.32 Å². The molecule has 0 aromatic rings. The topological polar surface area (TPSA) is 52.9 Å². The zero-order valence-corrected chi connectivity index (χ0v) is 5.05. The van der Waals surface area contributed by atoms with Crippen LogP contribution in [-0.4, -0.2) is 12.5 Å². The van der Waals surface area contributed by atoms with Gasteiger partial charge in [0.2, 0.25) is 5.91 Å². The van der Waals surface area contributed by atoms with Crippen LogP contribution in [0, 0.1) is 17.2 Å². The minimum absolute atomic E-state index is 0.00722. The van der Waals surface area contributed by atoms with E-state index in [0.717, 1.165) is 6.42 Å². The molecule has 1 amide bonds. The van der Waals surface area contributed by atoms with E-state index in [2.05, 4.69) is 11.4 Å². The fourth-order valence-electron chi connectivity index (χ4n) is 0.894. The van der Waals surface area contributed by atoms with Crippen molar-refractivity contribution in [3.8, 4) is 6.07 Å². The van der Waals surface area contributed by atoms with E-state index in [-0.39, 0.29) is 11.8 Å². The smallest absolute Gasteiger partial charge is 0.221 e. The van der Waals surface area contributed by atoms with Crippen LogP contribution in [0.5, 0.6) is 0 Å². The summed E-state index contributed by atoms with van der Waals surface area (Å²) in [5, 5.41) is 11.0. The van der Waals surface area contributed by atoms with E-state index < -0.39 is 0 Å². The summed E-state index contributed by atoms with van der Waals surface area (Å²) < 4.78 is 0. The first-order chi connectivity index (χ1) is 4.33. The molecule has 1 heterocycles. The maximum Gasteiger partial charge on any atom is 0.221 e. The quantitative estimate of drug-likeness (QED) is 0.495. The highest BCUT2D eigenvalue weighted by Gasteiger charge is 2.17. The lowest BCUT2D eigenvalue weighted by Gasteiger charge is -2.14. The van der Waals surface area contributed by atoms with Crippen LogP contribution in [-0.2, 0) is 4.79 Å². The highest BCUT2D eigenvalue weighted by molar-refractivity contribution is 5.77. The van der Waals surface area contributed by atoms with Crippen molar-refractivity contribution in [2.45, 2.75) is 12.8 Å². The van der Waals surface area contributed by atoms with Crippen molar-refractivity contribution in [2.24, 2.45) is 5.92 Å². The second-order valence-corrected chi connectivity index (χ2v) is 2.17. The monoisotopic (exact) mass is 124 g/mol. The average Bonchev–Trinajstić information content (AvgIpc) is 1.88. The molecule has 0 unspecified atom stereocenters. The Morgan fingerprint density at radius 3 is 3.00 bits per heavy atom. The van der Waals surface area contributed by atoms with Crippen molar-refractivity contribution >= 4 is 5.91 Å². The minimum Gasteiger partial charge on any atom is -0.356 e. The standard InChI is InChI=1S/C6H8N2O/c7-4-5-1-2-8-6(9)3-5/h5H,1-3H2,(H,8,9)/t5-/m0/s1. The number of piperidine rings is 1. The van der Waals surface area contributed by atoms with Gasteiger partial charge in [-0.2, -0.15) is 5.26 Å². The van der Waals surface area contributed by atoms with Crippen LogP contribution < -0.4 is 5.32 Å². The molecule has 1 rings (SSSR count). The number of nitrogens with one attached hydrogen (secondary N) is 1. The Kier molecular flexibility index (Phi) is 1.69. The number of hydrogen-bond donors (Lipinski definition) is 1. The van der Waals surface area contributed by atoms with E-state index in [4.69, 9.17) is 5.26 Å². The second-order valence-electron chi connectivity index (χ2n) is 2.17. The van der Waals surface area contributed by atoms with Crippen LogP contribution in [0.2, 0.25) is 0 Å². The number of hydrogen-bond acceptors (Lipinski definition) is 2. The van der Waals surface area contributed by atoms with Gasteiger partial charge in [-0.05, 0) is 6.42 Å². The van der Waals surface area contributed by atoms with Crippen molar-refractivity contribution in [3.05, 3.63) is 0 Å². The summed E-state index contributed by atoms with van der Waals surface area (Å²) in [6.45, 7) is 0.664. The molecule has 0 radical (unpaired) electrons. The Hall–Kier alpha value is -1.04. The third-order valence-corrected chi connectivity index (χ3v) is 1.43. The van der Waals surface area contributed by atoms with E-state index in [1.807, 2.05) is 0 Å². The third kappa shape index (κ3) is 1.43. The molecule has 1 aliphatic heterocycles. The predicted molar refractivity (Wildman–Crippen MR) is 31.3 cm³/mol. The fraction of sp³-hybridized carbons (Fsp3) is 0.667. The van der Waals surface area contributed by atoms with Gasteiger partial charge in [-0.15, -0.1) is 0 Å². The van der Waals surface area contributed by atoms with E-state index >= 15 is 0 Å². The van der Waals surface area contributed by atoms with Gasteiger partial charge in [-0.3, -0.25) is 4.79 Å². The molecule has 0 aliphatic carbocycles. The van der Waals surface area contributed by atoms with Crippen LogP contribution in [0.4, 0.5) is 0 Å². The molecule has 0 aromatic heterocycles. The molecule has 0 aromatic carbocycles. The van der Waals surface area contributed by atoms with Gasteiger partial charge in [0, 0.05) is 13.0 Å². The Labute approximate surface area is 53.7 Å². The predicted octanol–water partition coefficient (Wildman–Crippen LogP) is 0.0362. The van der Waals surface area contributed by atoms with Crippen molar-refractivity contribution in [2.75, 3.05) is 6.54 Å². The summed E-state index contributed by atoms with van der Waals surface area (Å²) in [6.07, 6.45) is 1.19. The fourth-order valence-corrected chi connectivity index (χ4v) is 0.894. The molecule has 0 saturated carbocycles. The number of nitriles is 1. The van der Waals surface area contributed by atoms with Crippen molar-refractivity contribution < 1.29 is 4.79 Å². The van der Waals surface area contributed by atoms with Crippen LogP contribution >= 0.6 is 0 Å². The van der Waals surface area contributed by atoms with Gasteiger partial charge in [-0.1, -0.05) is 0 Å². The zero-order chi connectivity index (χ0) is 6.69. The summed E-state index contributed by atoms with van der Waals surface area (Å²) in [5.74, 6) is -0.0356. The number of rotatable bonds is 0. The van der Waals surface area contributed by atoms with Crippen molar-refractivity contribution in [1.82, 2.24) is 5.32 Å². The molecule has 9 heavy (non-hydrogen) atoms. The van der Waals surface area contributed by atoms with Gasteiger partial charge >= 0.3 is 0 Å². The normalized spacial score (nSPS) is 26.6. The lowest BCUT2D eigenvalue weighted by molar-refractivity contribution is -0.122. The second kappa shape index (κ2) is 2.49. The summed E-state index contributed by atoms with van der Waals surface area (Å²) in [4.78, 5) is 10.6. The molecule has 1 N–H and O–H groups in total. The first kappa shape index (κ1) is 6.09. The number of carbonyl (C=O) groups excluding carboxylic acids is 1. The van der Waals surface area contributed by atoms with Crippen molar-refractivity contribution in [1.29, 1.82) is 5.26 Å². The van der Waals surface area contributed by atoms with E-state index in [9.17, 15) is 4.79 Å². The highest BCUT2D eigenvalue weighted by atomic mass is 16.1. The molecule has 3 heteroatoms. The first-order valence-corrected chi connectivity index (χ1v) is 2.99. The highest BCUT2D eigenvalue weighted by Crippen LogP contribution is 2.09. The van der Waals surface area contributed by atoms with Gasteiger partial charge in [0.05, 0.1) is 12.0 Å². The molecule has 3 nitrogen and oxygen atoms in total. The first-order valence-electron chi connectivity index (χ1n) is 2.99. The van der Waals surface area contributed by atoms with Gasteiger partial charge in [0.25, 0.3) is 0 Å². The van der Waals surface area contributed by atoms with E-state index in [1.165, 1.54) is 0 Å². The van der Waals surface area contributed by atoms with Crippen LogP contribution in [0.25, 0.3) is 0 Å². The molecule has 1 aliphatic rings. The summed E-state index contributed by atoms with van der Waals surface area (Å²) in [7, 11) is 0. The zero-order valence-electron chi connectivity index (χ0n) is 5.05. The molecule has 1 fully saturated rings.